The maximum absolute atomic E-state index is 12.3. The lowest BCUT2D eigenvalue weighted by molar-refractivity contribution is -0.128. The van der Waals surface area contributed by atoms with Crippen LogP contribution in [0.5, 0.6) is 0 Å². The third-order valence-electron chi connectivity index (χ3n) is 3.73. The Balaban J connectivity index is 2.10. The summed E-state index contributed by atoms with van der Waals surface area (Å²) in [6, 6.07) is 3.42. The smallest absolute Gasteiger partial charge is 0.268 e. The van der Waals surface area contributed by atoms with Crippen molar-refractivity contribution in [3.8, 4) is 0 Å². The van der Waals surface area contributed by atoms with Gasteiger partial charge in [-0.25, -0.2) is 0 Å². The van der Waals surface area contributed by atoms with E-state index >= 15 is 0 Å². The average Bonchev–Trinajstić information content (AvgIpc) is 3.00. The van der Waals surface area contributed by atoms with Gasteiger partial charge in [0.25, 0.3) is 5.91 Å². The molecule has 1 saturated carbocycles. The van der Waals surface area contributed by atoms with E-state index in [4.69, 9.17) is 5.11 Å². The van der Waals surface area contributed by atoms with Crippen LogP contribution in [0.3, 0.4) is 0 Å². The number of carbonyl (C=O) groups excluding carboxylic acids is 2. The summed E-state index contributed by atoms with van der Waals surface area (Å²) in [4.78, 5) is 27.4. The van der Waals surface area contributed by atoms with Gasteiger partial charge in [0.1, 0.15) is 11.2 Å². The van der Waals surface area contributed by atoms with Crippen molar-refractivity contribution in [2.45, 2.75) is 37.6 Å². The minimum atomic E-state index is -0.852. The molecule has 1 heterocycles. The number of hydrogen-bond acceptors (Lipinski definition) is 3. The van der Waals surface area contributed by atoms with E-state index in [0.717, 1.165) is 19.3 Å². The number of aliphatic hydroxyl groups excluding tert-OH is 1. The maximum atomic E-state index is 12.3. The molecule has 1 aromatic heterocycles. The minimum Gasteiger partial charge on any atom is -0.395 e. The second kappa shape index (κ2) is 6.56. The van der Waals surface area contributed by atoms with Gasteiger partial charge in [-0.2, -0.15) is 0 Å². The molecule has 0 bridgehead atoms. The van der Waals surface area contributed by atoms with Gasteiger partial charge in [-0.05, 0) is 25.0 Å². The predicted molar refractivity (Wildman–Crippen MR) is 74.2 cm³/mol. The molecule has 1 aliphatic rings. The molecule has 2 rings (SSSR count). The van der Waals surface area contributed by atoms with Gasteiger partial charge in [0.2, 0.25) is 5.91 Å². The van der Waals surface area contributed by atoms with Crippen molar-refractivity contribution in [2.24, 2.45) is 0 Å². The summed E-state index contributed by atoms with van der Waals surface area (Å²) in [5.74, 6) is -0.470. The number of hydrogen-bond donors (Lipinski definition) is 4. The van der Waals surface area contributed by atoms with Gasteiger partial charge in [0, 0.05) is 12.7 Å². The Morgan fingerprint density at radius 1 is 1.30 bits per heavy atom. The van der Waals surface area contributed by atoms with Crippen LogP contribution in [0.2, 0.25) is 0 Å². The summed E-state index contributed by atoms with van der Waals surface area (Å²) in [5.41, 5.74) is -0.403. The van der Waals surface area contributed by atoms with Gasteiger partial charge in [-0.1, -0.05) is 19.3 Å². The van der Waals surface area contributed by atoms with Crippen LogP contribution in [-0.2, 0) is 4.79 Å². The van der Waals surface area contributed by atoms with E-state index in [2.05, 4.69) is 15.6 Å². The quantitative estimate of drug-likeness (QED) is 0.634. The largest absolute Gasteiger partial charge is 0.395 e. The van der Waals surface area contributed by atoms with Gasteiger partial charge in [-0.3, -0.25) is 9.59 Å². The number of aromatic amines is 1. The summed E-state index contributed by atoms with van der Waals surface area (Å²) in [6.07, 6.45) is 5.85. The molecule has 0 saturated heterocycles. The summed E-state index contributed by atoms with van der Waals surface area (Å²) in [6.45, 7) is 0.103. The van der Waals surface area contributed by atoms with Gasteiger partial charge >= 0.3 is 0 Å². The van der Waals surface area contributed by atoms with Crippen LogP contribution >= 0.6 is 0 Å². The molecule has 6 nitrogen and oxygen atoms in total. The number of nitrogens with one attached hydrogen (secondary N) is 3. The van der Waals surface area contributed by atoms with Gasteiger partial charge in [-0.15, -0.1) is 0 Å². The standard InChI is InChI=1S/C14H21N3O3/c18-10-9-16-13(20)14(6-2-1-3-7-14)17-12(19)11-5-4-8-15-11/h4-5,8,15,18H,1-3,6-7,9-10H2,(H,16,20)(H,17,19). The van der Waals surface area contributed by atoms with E-state index in [0.29, 0.717) is 18.5 Å². The molecule has 1 aliphatic carbocycles. The zero-order valence-electron chi connectivity index (χ0n) is 11.4. The van der Waals surface area contributed by atoms with E-state index in [1.165, 1.54) is 0 Å². The summed E-state index contributed by atoms with van der Waals surface area (Å²) in [7, 11) is 0. The number of rotatable bonds is 5. The summed E-state index contributed by atoms with van der Waals surface area (Å²) >= 11 is 0. The number of carbonyl (C=O) groups is 2. The molecule has 20 heavy (non-hydrogen) atoms. The molecular weight excluding hydrogens is 258 g/mol. The molecule has 0 unspecified atom stereocenters. The number of aromatic nitrogens is 1. The third kappa shape index (κ3) is 3.19. The summed E-state index contributed by atoms with van der Waals surface area (Å²) < 4.78 is 0. The zero-order chi connectivity index (χ0) is 14.4. The zero-order valence-corrected chi connectivity index (χ0v) is 11.4. The van der Waals surface area contributed by atoms with Crippen molar-refractivity contribution < 1.29 is 14.7 Å². The van der Waals surface area contributed by atoms with Crippen LogP contribution in [0, 0.1) is 0 Å². The van der Waals surface area contributed by atoms with Crippen molar-refractivity contribution in [1.29, 1.82) is 0 Å². The van der Waals surface area contributed by atoms with Crippen LogP contribution < -0.4 is 10.6 Å². The lowest BCUT2D eigenvalue weighted by Crippen LogP contribution is -2.60. The molecule has 0 atom stereocenters. The Morgan fingerprint density at radius 3 is 2.65 bits per heavy atom. The SMILES string of the molecule is O=C(NC1(C(=O)NCCO)CCCCC1)c1ccc[nH]1. The molecule has 1 fully saturated rings. The predicted octanol–water partition coefficient (Wildman–Crippen LogP) is 0.556. The highest BCUT2D eigenvalue weighted by Gasteiger charge is 2.40. The Labute approximate surface area is 118 Å². The van der Waals surface area contributed by atoms with E-state index in [1.807, 2.05) is 0 Å². The van der Waals surface area contributed by atoms with Crippen molar-refractivity contribution in [3.63, 3.8) is 0 Å². The van der Waals surface area contributed by atoms with Crippen molar-refractivity contribution in [3.05, 3.63) is 24.0 Å². The van der Waals surface area contributed by atoms with Crippen LogP contribution in [-0.4, -0.2) is 40.6 Å². The second-order valence-corrected chi connectivity index (χ2v) is 5.16. The fraction of sp³-hybridized carbons (Fsp3) is 0.571. The van der Waals surface area contributed by atoms with Crippen LogP contribution in [0.1, 0.15) is 42.6 Å². The molecule has 2 amide bonds. The van der Waals surface area contributed by atoms with Gasteiger partial charge in [0.05, 0.1) is 6.61 Å². The molecule has 0 aromatic carbocycles. The fourth-order valence-corrected chi connectivity index (χ4v) is 2.66. The van der Waals surface area contributed by atoms with E-state index in [-0.39, 0.29) is 25.0 Å². The molecule has 110 valence electrons. The molecule has 0 aliphatic heterocycles. The van der Waals surface area contributed by atoms with Gasteiger partial charge in [0.15, 0.2) is 0 Å². The number of amides is 2. The Hall–Kier alpha value is -1.82. The highest BCUT2D eigenvalue weighted by atomic mass is 16.3. The number of aliphatic hydroxyl groups is 1. The van der Waals surface area contributed by atoms with E-state index in [9.17, 15) is 9.59 Å². The third-order valence-corrected chi connectivity index (χ3v) is 3.73. The topological polar surface area (TPSA) is 94.2 Å². The molecular formula is C14H21N3O3. The fourth-order valence-electron chi connectivity index (χ4n) is 2.66. The molecule has 4 N–H and O–H groups in total. The van der Waals surface area contributed by atoms with Crippen LogP contribution in [0.25, 0.3) is 0 Å². The first-order valence-corrected chi connectivity index (χ1v) is 7.03. The van der Waals surface area contributed by atoms with Crippen molar-refractivity contribution in [2.75, 3.05) is 13.2 Å². The van der Waals surface area contributed by atoms with E-state index < -0.39 is 5.54 Å². The van der Waals surface area contributed by atoms with E-state index in [1.54, 1.807) is 18.3 Å². The monoisotopic (exact) mass is 279 g/mol. The summed E-state index contributed by atoms with van der Waals surface area (Å²) in [5, 5.41) is 14.4. The first-order chi connectivity index (χ1) is 9.68. The first-order valence-electron chi connectivity index (χ1n) is 7.03. The highest BCUT2D eigenvalue weighted by molar-refractivity contribution is 5.98. The molecule has 0 spiro atoms. The Bertz CT molecular complexity index is 450. The van der Waals surface area contributed by atoms with Crippen molar-refractivity contribution >= 4 is 11.8 Å². The minimum absolute atomic E-state index is 0.105. The molecule has 6 heteroatoms. The molecule has 0 radical (unpaired) electrons. The van der Waals surface area contributed by atoms with Crippen LogP contribution in [0.15, 0.2) is 18.3 Å². The van der Waals surface area contributed by atoms with Crippen LogP contribution in [0.4, 0.5) is 0 Å². The normalized spacial score (nSPS) is 17.4. The second-order valence-electron chi connectivity index (χ2n) is 5.16. The highest BCUT2D eigenvalue weighted by Crippen LogP contribution is 2.28. The van der Waals surface area contributed by atoms with Crippen molar-refractivity contribution in [1.82, 2.24) is 15.6 Å². The Kier molecular flexibility index (Phi) is 4.79. The first kappa shape index (κ1) is 14.6. The lowest BCUT2D eigenvalue weighted by atomic mass is 9.80. The maximum Gasteiger partial charge on any atom is 0.268 e. The van der Waals surface area contributed by atoms with Gasteiger partial charge < -0.3 is 20.7 Å². The average molecular weight is 279 g/mol. The number of H-pyrrole nitrogens is 1. The Morgan fingerprint density at radius 2 is 2.05 bits per heavy atom. The lowest BCUT2D eigenvalue weighted by Gasteiger charge is -2.36. The molecule has 1 aromatic rings.